The molecule has 3 rings (SSSR count). The molecule has 6 heteroatoms. The smallest absolute Gasteiger partial charge is 0.261 e. The number of amides is 1. The van der Waals surface area contributed by atoms with Crippen LogP contribution < -0.4 is 10.6 Å². The van der Waals surface area contributed by atoms with Gasteiger partial charge in [0, 0.05) is 37.4 Å². The molecule has 2 heterocycles. The lowest BCUT2D eigenvalue weighted by molar-refractivity contribution is 0.0955. The van der Waals surface area contributed by atoms with E-state index in [9.17, 15) is 4.79 Å². The van der Waals surface area contributed by atoms with Crippen LogP contribution in [0.2, 0.25) is 0 Å². The summed E-state index contributed by atoms with van der Waals surface area (Å²) >= 11 is 1.56. The van der Waals surface area contributed by atoms with Gasteiger partial charge in [-0.3, -0.25) is 4.79 Å². The molecule has 2 aromatic rings. The van der Waals surface area contributed by atoms with Gasteiger partial charge in [0.05, 0.1) is 4.88 Å². The molecule has 120 valence electrons. The third-order valence-corrected chi connectivity index (χ3v) is 4.91. The summed E-state index contributed by atoms with van der Waals surface area (Å²) in [5.41, 5.74) is 0. The van der Waals surface area contributed by atoms with Gasteiger partial charge in [0.15, 0.2) is 0 Å². The lowest BCUT2D eigenvalue weighted by Gasteiger charge is -2.27. The highest BCUT2D eigenvalue weighted by molar-refractivity contribution is 7.20. The van der Waals surface area contributed by atoms with Crippen molar-refractivity contribution in [1.82, 2.24) is 15.5 Å². The SMILES string of the molecule is Cl.O=C(NCCCN1CCNCC1)c1cc2ccccc2s1. The average Bonchev–Trinajstić information content (AvgIpc) is 2.96. The van der Waals surface area contributed by atoms with Crippen LogP contribution in [-0.2, 0) is 0 Å². The minimum atomic E-state index is 0. The highest BCUT2D eigenvalue weighted by Crippen LogP contribution is 2.24. The fourth-order valence-electron chi connectivity index (χ4n) is 2.62. The van der Waals surface area contributed by atoms with Crippen molar-refractivity contribution >= 4 is 39.7 Å². The molecule has 1 aromatic heterocycles. The molecule has 0 bridgehead atoms. The average molecular weight is 340 g/mol. The number of benzene rings is 1. The Kier molecular flexibility index (Phi) is 6.64. The molecule has 0 saturated carbocycles. The van der Waals surface area contributed by atoms with Crippen LogP contribution in [-0.4, -0.2) is 50.1 Å². The molecule has 1 fully saturated rings. The molecule has 0 unspecified atom stereocenters. The van der Waals surface area contributed by atoms with Crippen molar-refractivity contribution < 1.29 is 4.79 Å². The minimum absolute atomic E-state index is 0. The number of carbonyl (C=O) groups is 1. The Morgan fingerprint density at radius 2 is 2.05 bits per heavy atom. The molecule has 1 aliphatic rings. The Bertz CT molecular complexity index is 577. The van der Waals surface area contributed by atoms with Crippen molar-refractivity contribution in [3.8, 4) is 0 Å². The summed E-state index contributed by atoms with van der Waals surface area (Å²) in [6.07, 6.45) is 1.01. The summed E-state index contributed by atoms with van der Waals surface area (Å²) in [7, 11) is 0. The van der Waals surface area contributed by atoms with Crippen LogP contribution in [0.1, 0.15) is 16.1 Å². The number of nitrogens with one attached hydrogen (secondary N) is 2. The van der Waals surface area contributed by atoms with E-state index in [2.05, 4.69) is 21.6 Å². The standard InChI is InChI=1S/C16H21N3OS.ClH/c20-16(15-12-13-4-1-2-5-14(13)21-15)18-6-3-9-19-10-7-17-8-11-19;/h1-2,4-5,12,17H,3,6-11H2,(H,18,20);1H. The fraction of sp³-hybridized carbons (Fsp3) is 0.438. The topological polar surface area (TPSA) is 44.4 Å². The normalized spacial score (nSPS) is 15.5. The van der Waals surface area contributed by atoms with E-state index in [1.165, 1.54) is 4.70 Å². The highest BCUT2D eigenvalue weighted by atomic mass is 35.5. The minimum Gasteiger partial charge on any atom is -0.351 e. The van der Waals surface area contributed by atoms with Crippen molar-refractivity contribution in [2.45, 2.75) is 6.42 Å². The second-order valence-corrected chi connectivity index (χ2v) is 6.43. The van der Waals surface area contributed by atoms with E-state index in [1.54, 1.807) is 11.3 Å². The number of fused-ring (bicyclic) bond motifs is 1. The maximum absolute atomic E-state index is 12.1. The monoisotopic (exact) mass is 339 g/mol. The Hall–Kier alpha value is -1.14. The predicted molar refractivity (Wildman–Crippen MR) is 95.3 cm³/mol. The number of rotatable bonds is 5. The fourth-order valence-corrected chi connectivity index (χ4v) is 3.60. The van der Waals surface area contributed by atoms with E-state index in [-0.39, 0.29) is 18.3 Å². The zero-order valence-electron chi connectivity index (χ0n) is 12.5. The van der Waals surface area contributed by atoms with Crippen molar-refractivity contribution in [2.24, 2.45) is 0 Å². The summed E-state index contributed by atoms with van der Waals surface area (Å²) in [5, 5.41) is 7.52. The summed E-state index contributed by atoms with van der Waals surface area (Å²) < 4.78 is 1.17. The Morgan fingerprint density at radius 3 is 2.82 bits per heavy atom. The molecule has 0 spiro atoms. The molecule has 2 N–H and O–H groups in total. The zero-order valence-corrected chi connectivity index (χ0v) is 14.1. The van der Waals surface area contributed by atoms with E-state index < -0.39 is 0 Å². The van der Waals surface area contributed by atoms with E-state index in [1.807, 2.05) is 24.3 Å². The van der Waals surface area contributed by atoms with Gasteiger partial charge in [0.1, 0.15) is 0 Å². The van der Waals surface area contributed by atoms with Gasteiger partial charge >= 0.3 is 0 Å². The largest absolute Gasteiger partial charge is 0.351 e. The van der Waals surface area contributed by atoms with Gasteiger partial charge in [0.25, 0.3) is 5.91 Å². The third kappa shape index (κ3) is 4.43. The Morgan fingerprint density at radius 1 is 1.27 bits per heavy atom. The number of hydrogen-bond donors (Lipinski definition) is 2. The van der Waals surface area contributed by atoms with E-state index in [4.69, 9.17) is 0 Å². The van der Waals surface area contributed by atoms with Gasteiger partial charge in [-0.2, -0.15) is 0 Å². The van der Waals surface area contributed by atoms with Gasteiger partial charge in [-0.25, -0.2) is 0 Å². The quantitative estimate of drug-likeness (QED) is 0.822. The summed E-state index contributed by atoms with van der Waals surface area (Å²) in [6, 6.07) is 10.1. The van der Waals surface area contributed by atoms with Gasteiger partial charge in [0.2, 0.25) is 0 Å². The molecule has 1 aromatic carbocycles. The van der Waals surface area contributed by atoms with Gasteiger partial charge in [-0.05, 0) is 30.5 Å². The number of nitrogens with zero attached hydrogens (tertiary/aromatic N) is 1. The van der Waals surface area contributed by atoms with Crippen LogP contribution in [0.25, 0.3) is 10.1 Å². The number of piperazine rings is 1. The predicted octanol–water partition coefficient (Wildman–Crippen LogP) is 2.35. The van der Waals surface area contributed by atoms with Crippen LogP contribution >= 0.6 is 23.7 Å². The summed E-state index contributed by atoms with van der Waals surface area (Å²) in [6.45, 7) is 6.20. The first-order valence-electron chi connectivity index (χ1n) is 7.53. The van der Waals surface area contributed by atoms with Crippen molar-refractivity contribution in [3.63, 3.8) is 0 Å². The molecule has 0 radical (unpaired) electrons. The first kappa shape index (κ1) is 17.2. The first-order valence-corrected chi connectivity index (χ1v) is 8.34. The number of thiophene rings is 1. The molecule has 4 nitrogen and oxygen atoms in total. The number of halogens is 1. The first-order chi connectivity index (χ1) is 10.3. The number of hydrogen-bond acceptors (Lipinski definition) is 4. The maximum Gasteiger partial charge on any atom is 0.261 e. The second kappa shape index (κ2) is 8.48. The third-order valence-electron chi connectivity index (χ3n) is 3.80. The van der Waals surface area contributed by atoms with Crippen LogP contribution in [0.15, 0.2) is 30.3 Å². The van der Waals surface area contributed by atoms with E-state index in [0.717, 1.165) is 56.0 Å². The zero-order chi connectivity index (χ0) is 14.5. The van der Waals surface area contributed by atoms with Crippen molar-refractivity contribution in [1.29, 1.82) is 0 Å². The van der Waals surface area contributed by atoms with Crippen LogP contribution in [0.5, 0.6) is 0 Å². The Balaban J connectivity index is 0.00000176. The maximum atomic E-state index is 12.1. The molecular formula is C16H22ClN3OS. The van der Waals surface area contributed by atoms with Gasteiger partial charge in [-0.15, -0.1) is 23.7 Å². The molecule has 1 saturated heterocycles. The highest BCUT2D eigenvalue weighted by Gasteiger charge is 2.11. The molecular weight excluding hydrogens is 318 g/mol. The lowest BCUT2D eigenvalue weighted by atomic mass is 10.2. The van der Waals surface area contributed by atoms with Gasteiger partial charge < -0.3 is 15.5 Å². The molecule has 0 aliphatic carbocycles. The van der Waals surface area contributed by atoms with Crippen LogP contribution in [0.3, 0.4) is 0 Å². The summed E-state index contributed by atoms with van der Waals surface area (Å²) in [5.74, 6) is 0.0523. The summed E-state index contributed by atoms with van der Waals surface area (Å²) in [4.78, 5) is 15.4. The molecule has 1 aliphatic heterocycles. The lowest BCUT2D eigenvalue weighted by Crippen LogP contribution is -2.44. The van der Waals surface area contributed by atoms with E-state index >= 15 is 0 Å². The Labute approximate surface area is 141 Å². The second-order valence-electron chi connectivity index (χ2n) is 5.35. The molecule has 22 heavy (non-hydrogen) atoms. The van der Waals surface area contributed by atoms with Crippen LogP contribution in [0.4, 0.5) is 0 Å². The molecule has 0 atom stereocenters. The van der Waals surface area contributed by atoms with Gasteiger partial charge in [-0.1, -0.05) is 18.2 Å². The van der Waals surface area contributed by atoms with Crippen molar-refractivity contribution in [3.05, 3.63) is 35.2 Å². The van der Waals surface area contributed by atoms with Crippen molar-refractivity contribution in [2.75, 3.05) is 39.3 Å². The number of carbonyl (C=O) groups excluding carboxylic acids is 1. The molecule has 1 amide bonds. The van der Waals surface area contributed by atoms with Crippen LogP contribution in [0, 0.1) is 0 Å². The van der Waals surface area contributed by atoms with E-state index in [0.29, 0.717) is 0 Å².